The second-order valence-corrected chi connectivity index (χ2v) is 8.35. The Labute approximate surface area is 127 Å². The van der Waals surface area contributed by atoms with Gasteiger partial charge in [-0.15, -0.1) is 0 Å². The zero-order valence-corrected chi connectivity index (χ0v) is 13.8. The van der Waals surface area contributed by atoms with Gasteiger partial charge >= 0.3 is 5.97 Å². The molecule has 0 radical (unpaired) electrons. The highest BCUT2D eigenvalue weighted by molar-refractivity contribution is 7.89. The number of sulfonamides is 1. The lowest BCUT2D eigenvalue weighted by molar-refractivity contribution is 0.0696. The summed E-state index contributed by atoms with van der Waals surface area (Å²) in [6, 6.07) is 3.97. The molecule has 6 nitrogen and oxygen atoms in total. The maximum Gasteiger partial charge on any atom is 0.335 e. The molecule has 0 aromatic heterocycles. The molecule has 0 aliphatic heterocycles. The van der Waals surface area contributed by atoms with Gasteiger partial charge < -0.3 is 5.11 Å². The molecule has 1 rings (SSSR count). The van der Waals surface area contributed by atoms with Crippen LogP contribution in [0.15, 0.2) is 23.1 Å². The number of aryl methyl sites for hydroxylation is 1. The molecule has 0 fully saturated rings. The minimum Gasteiger partial charge on any atom is -0.478 e. The Kier molecular flexibility index (Phi) is 6.06. The summed E-state index contributed by atoms with van der Waals surface area (Å²) in [5.41, 5.74) is 0.456. The Morgan fingerprint density at radius 2 is 2.05 bits per heavy atom. The van der Waals surface area contributed by atoms with Crippen LogP contribution in [0.3, 0.4) is 0 Å². The predicted molar refractivity (Wildman–Crippen MR) is 81.5 cm³/mol. The van der Waals surface area contributed by atoms with E-state index in [4.69, 9.17) is 5.11 Å². The average Bonchev–Trinajstić information content (AvgIpc) is 2.38. The Morgan fingerprint density at radius 3 is 2.57 bits per heavy atom. The second kappa shape index (κ2) is 7.15. The van der Waals surface area contributed by atoms with Crippen molar-refractivity contribution in [1.82, 2.24) is 4.72 Å². The molecular weight excluding hydrogens is 314 g/mol. The quantitative estimate of drug-likeness (QED) is 0.779. The predicted octanol–water partition coefficient (Wildman–Crippen LogP) is 1.13. The summed E-state index contributed by atoms with van der Waals surface area (Å²) in [5.74, 6) is -1.17. The van der Waals surface area contributed by atoms with E-state index in [1.807, 2.05) is 0 Å². The summed E-state index contributed by atoms with van der Waals surface area (Å²) in [5, 5.41) is 8.91. The van der Waals surface area contributed by atoms with Gasteiger partial charge in [0.25, 0.3) is 0 Å². The summed E-state index contributed by atoms with van der Waals surface area (Å²) in [6.45, 7) is 3.53. The van der Waals surface area contributed by atoms with Gasteiger partial charge in [-0.2, -0.15) is 0 Å². The van der Waals surface area contributed by atoms with Gasteiger partial charge in [-0.3, -0.25) is 4.21 Å². The van der Waals surface area contributed by atoms with Crippen molar-refractivity contribution in [1.29, 1.82) is 0 Å². The number of carboxylic acids is 1. The Bertz CT molecular complexity index is 655. The third-order valence-corrected chi connectivity index (χ3v) is 5.99. The number of rotatable bonds is 7. The van der Waals surface area contributed by atoms with Gasteiger partial charge in [0.15, 0.2) is 0 Å². The van der Waals surface area contributed by atoms with Crippen molar-refractivity contribution in [3.05, 3.63) is 29.3 Å². The molecule has 1 aromatic rings. The van der Waals surface area contributed by atoms with Crippen molar-refractivity contribution in [3.63, 3.8) is 0 Å². The molecule has 1 aromatic carbocycles. The first-order valence-corrected chi connectivity index (χ1v) is 9.41. The van der Waals surface area contributed by atoms with Crippen molar-refractivity contribution in [2.24, 2.45) is 0 Å². The summed E-state index contributed by atoms with van der Waals surface area (Å²) < 4.78 is 37.8. The largest absolute Gasteiger partial charge is 0.478 e. The van der Waals surface area contributed by atoms with Gasteiger partial charge in [0, 0.05) is 28.9 Å². The number of carboxylic acid groups (broad SMARTS) is 1. The van der Waals surface area contributed by atoms with E-state index < -0.39 is 26.8 Å². The smallest absolute Gasteiger partial charge is 0.335 e. The molecule has 2 N–H and O–H groups in total. The first-order chi connectivity index (χ1) is 9.65. The molecule has 2 unspecified atom stereocenters. The number of hydrogen-bond acceptors (Lipinski definition) is 4. The van der Waals surface area contributed by atoms with Crippen molar-refractivity contribution in [2.45, 2.75) is 30.4 Å². The molecule has 0 heterocycles. The normalized spacial score (nSPS) is 14.6. The van der Waals surface area contributed by atoms with Crippen LogP contribution < -0.4 is 4.72 Å². The van der Waals surface area contributed by atoms with E-state index in [9.17, 15) is 17.4 Å². The van der Waals surface area contributed by atoms with Crippen molar-refractivity contribution >= 4 is 26.8 Å². The van der Waals surface area contributed by atoms with E-state index in [-0.39, 0.29) is 22.3 Å². The third kappa shape index (κ3) is 4.90. The fourth-order valence-electron chi connectivity index (χ4n) is 1.64. The van der Waals surface area contributed by atoms with E-state index in [2.05, 4.69) is 4.72 Å². The fraction of sp³-hybridized carbons (Fsp3) is 0.462. The third-order valence-electron chi connectivity index (χ3n) is 3.16. The molecule has 0 saturated carbocycles. The summed E-state index contributed by atoms with van der Waals surface area (Å²) in [6.07, 6.45) is 2.01. The summed E-state index contributed by atoms with van der Waals surface area (Å²) in [7, 11) is -4.78. The Hall–Kier alpha value is -1.25. The maximum absolute atomic E-state index is 12.1. The van der Waals surface area contributed by atoms with Crippen molar-refractivity contribution in [3.8, 4) is 0 Å². The van der Waals surface area contributed by atoms with Gasteiger partial charge in [-0.05, 0) is 31.0 Å². The van der Waals surface area contributed by atoms with Crippen LogP contribution in [0.1, 0.15) is 29.3 Å². The van der Waals surface area contributed by atoms with Gasteiger partial charge in [-0.1, -0.05) is 13.0 Å². The fourth-order valence-corrected chi connectivity index (χ4v) is 3.17. The van der Waals surface area contributed by atoms with Crippen LogP contribution in [0, 0.1) is 6.92 Å². The van der Waals surface area contributed by atoms with E-state index in [0.717, 1.165) is 6.07 Å². The molecule has 2 atom stereocenters. The summed E-state index contributed by atoms with van der Waals surface area (Å²) in [4.78, 5) is 10.9. The van der Waals surface area contributed by atoms with Crippen LogP contribution in [-0.2, 0) is 20.8 Å². The minimum absolute atomic E-state index is 0.0408. The zero-order chi connectivity index (χ0) is 16.2. The van der Waals surface area contributed by atoms with Crippen LogP contribution in [0.25, 0.3) is 0 Å². The van der Waals surface area contributed by atoms with Crippen LogP contribution in [0.4, 0.5) is 0 Å². The molecule has 21 heavy (non-hydrogen) atoms. The summed E-state index contributed by atoms with van der Waals surface area (Å²) >= 11 is 0. The molecule has 8 heteroatoms. The highest BCUT2D eigenvalue weighted by Crippen LogP contribution is 2.15. The average molecular weight is 333 g/mol. The van der Waals surface area contributed by atoms with E-state index in [1.54, 1.807) is 20.1 Å². The number of hydrogen-bond donors (Lipinski definition) is 2. The van der Waals surface area contributed by atoms with Gasteiger partial charge in [0.05, 0.1) is 10.5 Å². The first kappa shape index (κ1) is 17.8. The van der Waals surface area contributed by atoms with Crippen molar-refractivity contribution < 1.29 is 22.5 Å². The molecule has 0 saturated heterocycles. The molecular formula is C13H19NO5S2. The lowest BCUT2D eigenvalue weighted by atomic mass is 10.1. The first-order valence-electron chi connectivity index (χ1n) is 6.31. The lowest BCUT2D eigenvalue weighted by Gasteiger charge is -2.11. The molecule has 0 aliphatic carbocycles. The van der Waals surface area contributed by atoms with Gasteiger partial charge in [0.1, 0.15) is 0 Å². The number of benzene rings is 1. The monoisotopic (exact) mass is 333 g/mol. The SMILES string of the molecule is Cc1ccc(S(=O)(=O)NCCC(C)S(C)=O)cc1C(=O)O. The minimum atomic E-state index is -3.77. The topological polar surface area (TPSA) is 101 Å². The van der Waals surface area contributed by atoms with E-state index >= 15 is 0 Å². The molecule has 0 spiro atoms. The van der Waals surface area contributed by atoms with E-state index in [0.29, 0.717) is 12.0 Å². The van der Waals surface area contributed by atoms with Gasteiger partial charge in [0.2, 0.25) is 10.0 Å². The lowest BCUT2D eigenvalue weighted by Crippen LogP contribution is -2.28. The Balaban J connectivity index is 2.86. The van der Waals surface area contributed by atoms with Crippen LogP contribution in [-0.4, -0.2) is 41.8 Å². The molecule has 0 amide bonds. The molecule has 118 valence electrons. The van der Waals surface area contributed by atoms with Crippen LogP contribution >= 0.6 is 0 Å². The molecule has 0 aliphatic rings. The zero-order valence-electron chi connectivity index (χ0n) is 12.1. The number of aromatic carboxylic acids is 1. The molecule has 0 bridgehead atoms. The highest BCUT2D eigenvalue weighted by Gasteiger charge is 2.18. The number of carbonyl (C=O) groups is 1. The van der Waals surface area contributed by atoms with Crippen LogP contribution in [0.2, 0.25) is 0 Å². The van der Waals surface area contributed by atoms with Crippen molar-refractivity contribution in [2.75, 3.05) is 12.8 Å². The standard InChI is InChI=1S/C13H19NO5S2/c1-9-4-5-11(8-12(9)13(15)16)21(18,19)14-7-6-10(2)20(3)17/h4-5,8,10,14H,6-7H2,1-3H3,(H,15,16). The highest BCUT2D eigenvalue weighted by atomic mass is 32.2. The second-order valence-electron chi connectivity index (χ2n) is 4.78. The Morgan fingerprint density at radius 1 is 1.43 bits per heavy atom. The maximum atomic E-state index is 12.1. The van der Waals surface area contributed by atoms with Gasteiger partial charge in [-0.25, -0.2) is 17.9 Å². The van der Waals surface area contributed by atoms with E-state index in [1.165, 1.54) is 12.1 Å². The van der Waals surface area contributed by atoms with Crippen LogP contribution in [0.5, 0.6) is 0 Å². The number of nitrogens with one attached hydrogen (secondary N) is 1.